The summed E-state index contributed by atoms with van der Waals surface area (Å²) in [4.78, 5) is 24.6. The Hall–Kier alpha value is -2.92. The molecule has 0 aliphatic heterocycles. The van der Waals surface area contributed by atoms with Crippen molar-refractivity contribution in [2.24, 2.45) is 0 Å². The summed E-state index contributed by atoms with van der Waals surface area (Å²) in [6, 6.07) is 21.9. The molecule has 0 saturated heterocycles. The van der Waals surface area contributed by atoms with Crippen molar-refractivity contribution in [3.8, 4) is 11.1 Å². The van der Waals surface area contributed by atoms with E-state index >= 15 is 0 Å². The van der Waals surface area contributed by atoms with Gasteiger partial charge in [-0.2, -0.15) is 0 Å². The normalized spacial score (nSPS) is 11.6. The number of hydrogen-bond acceptors (Lipinski definition) is 3. The Labute approximate surface area is 163 Å². The second-order valence-corrected chi connectivity index (χ2v) is 7.21. The van der Waals surface area contributed by atoms with Crippen LogP contribution in [0, 0.1) is 0 Å². The van der Waals surface area contributed by atoms with Gasteiger partial charge in [-0.3, -0.25) is 9.59 Å². The molecule has 3 aromatic rings. The SMILES string of the molecule is CC(NC(=O)CCNC(=O)c1cccs1)c1ccc(-c2ccccc2)cc1. The van der Waals surface area contributed by atoms with Crippen LogP contribution < -0.4 is 10.6 Å². The number of hydrogen-bond donors (Lipinski definition) is 2. The summed E-state index contributed by atoms with van der Waals surface area (Å²) in [7, 11) is 0. The summed E-state index contributed by atoms with van der Waals surface area (Å²) in [5.74, 6) is -0.219. The quantitative estimate of drug-likeness (QED) is 0.640. The Morgan fingerprint density at radius 3 is 2.30 bits per heavy atom. The highest BCUT2D eigenvalue weighted by molar-refractivity contribution is 7.12. The summed E-state index contributed by atoms with van der Waals surface area (Å²) in [6.45, 7) is 2.28. The molecule has 1 unspecified atom stereocenters. The number of carbonyl (C=O) groups excluding carboxylic acids is 2. The first kappa shape index (κ1) is 18.9. The lowest BCUT2D eigenvalue weighted by Crippen LogP contribution is -2.31. The largest absolute Gasteiger partial charge is 0.351 e. The van der Waals surface area contributed by atoms with Crippen LogP contribution in [0.15, 0.2) is 72.1 Å². The second-order valence-electron chi connectivity index (χ2n) is 6.26. The molecule has 0 spiro atoms. The van der Waals surface area contributed by atoms with E-state index in [9.17, 15) is 9.59 Å². The first-order chi connectivity index (χ1) is 13.1. The molecule has 4 nitrogen and oxygen atoms in total. The summed E-state index contributed by atoms with van der Waals surface area (Å²) in [6.07, 6.45) is 0.254. The molecule has 0 fully saturated rings. The maximum Gasteiger partial charge on any atom is 0.261 e. The molecule has 0 bridgehead atoms. The molecule has 0 saturated carbocycles. The van der Waals surface area contributed by atoms with Crippen molar-refractivity contribution in [3.05, 3.63) is 82.6 Å². The van der Waals surface area contributed by atoms with Gasteiger partial charge in [0.2, 0.25) is 5.91 Å². The van der Waals surface area contributed by atoms with Gasteiger partial charge in [-0.25, -0.2) is 0 Å². The lowest BCUT2D eigenvalue weighted by Gasteiger charge is -2.15. The van der Waals surface area contributed by atoms with Gasteiger partial charge < -0.3 is 10.6 Å². The average Bonchev–Trinajstić information content (AvgIpc) is 3.23. The lowest BCUT2D eigenvalue weighted by atomic mass is 10.0. The highest BCUT2D eigenvalue weighted by Gasteiger charge is 2.11. The summed E-state index contributed by atoms with van der Waals surface area (Å²) in [5, 5.41) is 7.60. The number of carbonyl (C=O) groups is 2. The van der Waals surface area contributed by atoms with Crippen LogP contribution in [0.3, 0.4) is 0 Å². The maximum atomic E-state index is 12.1. The molecule has 2 N–H and O–H groups in total. The maximum absolute atomic E-state index is 12.1. The van der Waals surface area contributed by atoms with Crippen molar-refractivity contribution in [1.82, 2.24) is 10.6 Å². The Morgan fingerprint density at radius 1 is 0.926 bits per heavy atom. The Kier molecular flexibility index (Phi) is 6.39. The molecule has 138 valence electrons. The third-order valence-corrected chi connectivity index (χ3v) is 5.15. The average molecular weight is 378 g/mol. The summed E-state index contributed by atoms with van der Waals surface area (Å²) >= 11 is 1.38. The smallest absolute Gasteiger partial charge is 0.261 e. The van der Waals surface area contributed by atoms with Crippen molar-refractivity contribution in [3.63, 3.8) is 0 Å². The van der Waals surface area contributed by atoms with Gasteiger partial charge in [0.05, 0.1) is 10.9 Å². The van der Waals surface area contributed by atoms with E-state index in [-0.39, 0.29) is 24.3 Å². The van der Waals surface area contributed by atoms with E-state index in [1.54, 1.807) is 6.07 Å². The zero-order chi connectivity index (χ0) is 19.1. The van der Waals surface area contributed by atoms with E-state index in [0.29, 0.717) is 11.4 Å². The van der Waals surface area contributed by atoms with Crippen LogP contribution in [-0.4, -0.2) is 18.4 Å². The third kappa shape index (κ3) is 5.28. The van der Waals surface area contributed by atoms with E-state index in [1.165, 1.54) is 16.9 Å². The highest BCUT2D eigenvalue weighted by Crippen LogP contribution is 2.21. The Balaban J connectivity index is 1.47. The van der Waals surface area contributed by atoms with Crippen LogP contribution in [0.25, 0.3) is 11.1 Å². The number of amides is 2. The van der Waals surface area contributed by atoms with E-state index in [0.717, 1.165) is 11.1 Å². The van der Waals surface area contributed by atoms with Crippen molar-refractivity contribution in [1.29, 1.82) is 0 Å². The number of nitrogens with one attached hydrogen (secondary N) is 2. The molecule has 1 heterocycles. The van der Waals surface area contributed by atoms with Crippen molar-refractivity contribution in [2.45, 2.75) is 19.4 Å². The monoisotopic (exact) mass is 378 g/mol. The minimum atomic E-state index is -0.137. The molecule has 0 radical (unpaired) electrons. The fraction of sp³-hybridized carbons (Fsp3) is 0.182. The summed E-state index contributed by atoms with van der Waals surface area (Å²) < 4.78 is 0. The van der Waals surface area contributed by atoms with Crippen molar-refractivity contribution < 1.29 is 9.59 Å². The van der Waals surface area contributed by atoms with Crippen LogP contribution in [-0.2, 0) is 4.79 Å². The Morgan fingerprint density at radius 2 is 1.63 bits per heavy atom. The Bertz CT molecular complexity index is 874. The second kappa shape index (κ2) is 9.14. The molecule has 5 heteroatoms. The zero-order valence-corrected chi connectivity index (χ0v) is 16.0. The molecule has 2 aromatic carbocycles. The van der Waals surface area contributed by atoms with Crippen LogP contribution >= 0.6 is 11.3 Å². The standard InChI is InChI=1S/C22H22N2O2S/c1-16(17-9-11-19(12-10-17)18-6-3-2-4-7-18)24-21(25)13-14-23-22(26)20-8-5-15-27-20/h2-12,15-16H,13-14H2,1H3,(H,23,26)(H,24,25). The molecule has 3 rings (SSSR count). The molecule has 1 atom stereocenters. The van der Waals surface area contributed by atoms with Gasteiger partial charge in [0.25, 0.3) is 5.91 Å². The van der Waals surface area contributed by atoms with Crippen molar-refractivity contribution >= 4 is 23.2 Å². The van der Waals surface area contributed by atoms with E-state index < -0.39 is 0 Å². The number of rotatable bonds is 7. The van der Waals surface area contributed by atoms with E-state index in [2.05, 4.69) is 34.9 Å². The van der Waals surface area contributed by atoms with Gasteiger partial charge in [0, 0.05) is 13.0 Å². The van der Waals surface area contributed by atoms with Gasteiger partial charge in [-0.1, -0.05) is 60.7 Å². The topological polar surface area (TPSA) is 58.2 Å². The minimum absolute atomic E-state index is 0.0823. The molecule has 27 heavy (non-hydrogen) atoms. The van der Waals surface area contributed by atoms with Gasteiger partial charge in [0.1, 0.15) is 0 Å². The van der Waals surface area contributed by atoms with Gasteiger partial charge in [-0.05, 0) is 35.1 Å². The summed E-state index contributed by atoms with van der Waals surface area (Å²) in [5.41, 5.74) is 3.36. The number of benzene rings is 2. The molecule has 2 amide bonds. The predicted molar refractivity (Wildman–Crippen MR) is 110 cm³/mol. The highest BCUT2D eigenvalue weighted by atomic mass is 32.1. The van der Waals surface area contributed by atoms with Crippen LogP contribution in [0.5, 0.6) is 0 Å². The lowest BCUT2D eigenvalue weighted by molar-refractivity contribution is -0.121. The van der Waals surface area contributed by atoms with Gasteiger partial charge >= 0.3 is 0 Å². The first-order valence-electron chi connectivity index (χ1n) is 8.90. The third-order valence-electron chi connectivity index (χ3n) is 4.28. The fourth-order valence-corrected chi connectivity index (χ4v) is 3.42. The van der Waals surface area contributed by atoms with E-state index in [4.69, 9.17) is 0 Å². The zero-order valence-electron chi connectivity index (χ0n) is 15.1. The minimum Gasteiger partial charge on any atom is -0.351 e. The molecular formula is C22H22N2O2S. The molecular weight excluding hydrogens is 356 g/mol. The van der Waals surface area contributed by atoms with Crippen LogP contribution in [0.1, 0.15) is 34.6 Å². The van der Waals surface area contributed by atoms with Gasteiger partial charge in [0.15, 0.2) is 0 Å². The van der Waals surface area contributed by atoms with Gasteiger partial charge in [-0.15, -0.1) is 11.3 Å². The fourth-order valence-electron chi connectivity index (χ4n) is 2.78. The molecule has 0 aliphatic carbocycles. The van der Waals surface area contributed by atoms with Crippen molar-refractivity contribution in [2.75, 3.05) is 6.54 Å². The number of thiophene rings is 1. The van der Waals surface area contributed by atoms with E-state index in [1.807, 2.05) is 48.7 Å². The molecule has 1 aromatic heterocycles. The molecule has 0 aliphatic rings. The first-order valence-corrected chi connectivity index (χ1v) is 9.78. The van der Waals surface area contributed by atoms with Crippen LogP contribution in [0.4, 0.5) is 0 Å². The predicted octanol–water partition coefficient (Wildman–Crippen LogP) is 4.41. The van der Waals surface area contributed by atoms with Crippen LogP contribution in [0.2, 0.25) is 0 Å².